The summed E-state index contributed by atoms with van der Waals surface area (Å²) in [6.07, 6.45) is 1.01. The van der Waals surface area contributed by atoms with E-state index in [-0.39, 0.29) is 30.1 Å². The maximum absolute atomic E-state index is 12.7. The Hall–Kier alpha value is -3.15. The molecule has 0 unspecified atom stereocenters. The van der Waals surface area contributed by atoms with E-state index >= 15 is 0 Å². The van der Waals surface area contributed by atoms with Crippen molar-refractivity contribution in [3.63, 3.8) is 0 Å². The molecule has 6 heteroatoms. The van der Waals surface area contributed by atoms with Crippen LogP contribution in [0.4, 0.5) is 11.4 Å². The Balaban J connectivity index is 1.61. The molecule has 6 nitrogen and oxygen atoms in total. The predicted octanol–water partition coefficient (Wildman–Crippen LogP) is 4.05. The van der Waals surface area contributed by atoms with E-state index in [1.807, 2.05) is 45.0 Å². The molecule has 30 heavy (non-hydrogen) atoms. The number of hydrogen-bond donors (Lipinski definition) is 1. The Kier molecular flexibility index (Phi) is 6.87. The van der Waals surface area contributed by atoms with Crippen LogP contribution in [0.1, 0.15) is 43.1 Å². The van der Waals surface area contributed by atoms with Crippen molar-refractivity contribution in [2.24, 2.45) is 11.8 Å². The lowest BCUT2D eigenvalue weighted by Gasteiger charge is -2.20. The first-order chi connectivity index (χ1) is 14.4. The standard InChI is InChI=1S/C24H28N2O4/c1-4-17-7-5-6-8-21(17)26-14-19(13-22(26)27)23(28)25-20-11-9-18(10-12-20)24(29)30-15-16(2)3/h5-12,16,19H,4,13-15H2,1-3H3,(H,25,28)/t19-/m1/s1. The molecule has 0 spiro atoms. The Labute approximate surface area is 177 Å². The summed E-state index contributed by atoms with van der Waals surface area (Å²) >= 11 is 0. The molecule has 158 valence electrons. The fourth-order valence-electron chi connectivity index (χ4n) is 3.45. The zero-order chi connectivity index (χ0) is 21.7. The Morgan fingerprint density at radius 2 is 1.83 bits per heavy atom. The Morgan fingerprint density at radius 3 is 2.50 bits per heavy atom. The van der Waals surface area contributed by atoms with Crippen LogP contribution in [0.15, 0.2) is 48.5 Å². The molecule has 1 N–H and O–H groups in total. The second kappa shape index (κ2) is 9.57. The summed E-state index contributed by atoms with van der Waals surface area (Å²) in [6, 6.07) is 14.4. The summed E-state index contributed by atoms with van der Waals surface area (Å²) in [7, 11) is 0. The van der Waals surface area contributed by atoms with Gasteiger partial charge in [0, 0.05) is 24.3 Å². The lowest BCUT2D eigenvalue weighted by atomic mass is 10.1. The van der Waals surface area contributed by atoms with Crippen molar-refractivity contribution in [1.29, 1.82) is 0 Å². The number of carbonyl (C=O) groups excluding carboxylic acids is 3. The molecule has 0 aromatic heterocycles. The summed E-state index contributed by atoms with van der Waals surface area (Å²) in [5.41, 5.74) is 2.99. The molecule has 1 aliphatic rings. The first-order valence-corrected chi connectivity index (χ1v) is 10.3. The molecule has 0 radical (unpaired) electrons. The maximum atomic E-state index is 12.7. The lowest BCUT2D eigenvalue weighted by molar-refractivity contribution is -0.122. The zero-order valence-corrected chi connectivity index (χ0v) is 17.7. The Morgan fingerprint density at radius 1 is 1.13 bits per heavy atom. The minimum absolute atomic E-state index is 0.0423. The zero-order valence-electron chi connectivity index (χ0n) is 17.7. The molecule has 1 atom stereocenters. The number of rotatable bonds is 7. The van der Waals surface area contributed by atoms with Crippen LogP contribution in [-0.2, 0) is 20.7 Å². The van der Waals surface area contributed by atoms with E-state index in [1.165, 1.54) is 0 Å². The molecule has 0 aliphatic carbocycles. The van der Waals surface area contributed by atoms with Gasteiger partial charge in [-0.15, -0.1) is 0 Å². The van der Waals surface area contributed by atoms with E-state index in [0.29, 0.717) is 24.4 Å². The summed E-state index contributed by atoms with van der Waals surface area (Å²) in [4.78, 5) is 38.9. The summed E-state index contributed by atoms with van der Waals surface area (Å²) in [6.45, 7) is 6.72. The maximum Gasteiger partial charge on any atom is 0.338 e. The number of aryl methyl sites for hydroxylation is 1. The van der Waals surface area contributed by atoms with Crippen molar-refractivity contribution in [3.8, 4) is 0 Å². The van der Waals surface area contributed by atoms with E-state index in [2.05, 4.69) is 5.32 Å². The van der Waals surface area contributed by atoms with E-state index in [1.54, 1.807) is 29.2 Å². The number of nitrogens with one attached hydrogen (secondary N) is 1. The summed E-state index contributed by atoms with van der Waals surface area (Å²) in [5, 5.41) is 2.85. The second-order valence-electron chi connectivity index (χ2n) is 7.95. The van der Waals surface area contributed by atoms with Crippen LogP contribution in [0, 0.1) is 11.8 Å². The molecule has 1 fully saturated rings. The number of anilines is 2. The average molecular weight is 408 g/mol. The summed E-state index contributed by atoms with van der Waals surface area (Å²) < 4.78 is 5.21. The third-order valence-corrected chi connectivity index (χ3v) is 5.10. The highest BCUT2D eigenvalue weighted by Gasteiger charge is 2.35. The first-order valence-electron chi connectivity index (χ1n) is 10.3. The monoisotopic (exact) mass is 408 g/mol. The number of esters is 1. The third-order valence-electron chi connectivity index (χ3n) is 5.10. The smallest absolute Gasteiger partial charge is 0.338 e. The van der Waals surface area contributed by atoms with Gasteiger partial charge in [-0.05, 0) is 48.2 Å². The number of nitrogens with zero attached hydrogens (tertiary/aromatic N) is 1. The quantitative estimate of drug-likeness (QED) is 0.701. The van der Waals surface area contributed by atoms with Gasteiger partial charge < -0.3 is 15.0 Å². The molecule has 2 aromatic carbocycles. The molecule has 1 aliphatic heterocycles. The molecule has 0 bridgehead atoms. The normalized spacial score (nSPS) is 16.1. The average Bonchev–Trinajstić information content (AvgIpc) is 3.14. The molecule has 2 aromatic rings. The van der Waals surface area contributed by atoms with Crippen molar-refractivity contribution in [1.82, 2.24) is 0 Å². The molecule has 1 heterocycles. The summed E-state index contributed by atoms with van der Waals surface area (Å²) in [5.74, 6) is -0.772. The predicted molar refractivity (Wildman–Crippen MR) is 116 cm³/mol. The van der Waals surface area contributed by atoms with Crippen LogP contribution < -0.4 is 10.2 Å². The highest BCUT2D eigenvalue weighted by Crippen LogP contribution is 2.29. The van der Waals surface area contributed by atoms with Crippen LogP contribution in [-0.4, -0.2) is 30.9 Å². The highest BCUT2D eigenvalue weighted by atomic mass is 16.5. The van der Waals surface area contributed by atoms with Crippen LogP contribution in [0.2, 0.25) is 0 Å². The van der Waals surface area contributed by atoms with E-state index in [9.17, 15) is 14.4 Å². The van der Waals surface area contributed by atoms with Gasteiger partial charge >= 0.3 is 5.97 Å². The van der Waals surface area contributed by atoms with Crippen molar-refractivity contribution in [3.05, 3.63) is 59.7 Å². The molecule has 0 saturated carbocycles. The van der Waals surface area contributed by atoms with Gasteiger partial charge in [-0.2, -0.15) is 0 Å². The third kappa shape index (κ3) is 5.06. The molecular formula is C24H28N2O4. The SMILES string of the molecule is CCc1ccccc1N1C[C@H](C(=O)Nc2ccc(C(=O)OCC(C)C)cc2)CC1=O. The van der Waals surface area contributed by atoms with Gasteiger partial charge in [0.1, 0.15) is 0 Å². The van der Waals surface area contributed by atoms with Crippen molar-refractivity contribution in [2.45, 2.75) is 33.6 Å². The van der Waals surface area contributed by atoms with E-state index in [0.717, 1.165) is 17.7 Å². The molecule has 3 rings (SSSR count). The van der Waals surface area contributed by atoms with Gasteiger partial charge in [0.15, 0.2) is 0 Å². The van der Waals surface area contributed by atoms with E-state index in [4.69, 9.17) is 4.74 Å². The fourth-order valence-corrected chi connectivity index (χ4v) is 3.45. The lowest BCUT2D eigenvalue weighted by Crippen LogP contribution is -2.28. The molecule has 2 amide bonds. The van der Waals surface area contributed by atoms with Gasteiger partial charge in [0.05, 0.1) is 18.1 Å². The second-order valence-corrected chi connectivity index (χ2v) is 7.95. The van der Waals surface area contributed by atoms with Gasteiger partial charge in [0.2, 0.25) is 11.8 Å². The number of hydrogen-bond acceptors (Lipinski definition) is 4. The van der Waals surface area contributed by atoms with Crippen molar-refractivity contribution in [2.75, 3.05) is 23.4 Å². The first kappa shape index (κ1) is 21.6. The van der Waals surface area contributed by atoms with Crippen molar-refractivity contribution < 1.29 is 19.1 Å². The number of para-hydroxylation sites is 1. The fraction of sp³-hybridized carbons (Fsp3) is 0.375. The molecular weight excluding hydrogens is 380 g/mol. The highest BCUT2D eigenvalue weighted by molar-refractivity contribution is 6.04. The van der Waals surface area contributed by atoms with Crippen molar-refractivity contribution >= 4 is 29.2 Å². The van der Waals surface area contributed by atoms with Crippen LogP contribution in [0.25, 0.3) is 0 Å². The Bertz CT molecular complexity index is 921. The topological polar surface area (TPSA) is 75.7 Å². The minimum atomic E-state index is -0.418. The van der Waals surface area contributed by atoms with Gasteiger partial charge in [-0.1, -0.05) is 39.0 Å². The van der Waals surface area contributed by atoms with Gasteiger partial charge in [-0.3, -0.25) is 9.59 Å². The number of ether oxygens (including phenoxy) is 1. The van der Waals surface area contributed by atoms with Crippen LogP contribution in [0.3, 0.4) is 0 Å². The van der Waals surface area contributed by atoms with Crippen LogP contribution >= 0.6 is 0 Å². The van der Waals surface area contributed by atoms with Gasteiger partial charge in [0.25, 0.3) is 0 Å². The number of amides is 2. The van der Waals surface area contributed by atoms with Crippen LogP contribution in [0.5, 0.6) is 0 Å². The largest absolute Gasteiger partial charge is 0.462 e. The minimum Gasteiger partial charge on any atom is -0.462 e. The van der Waals surface area contributed by atoms with E-state index < -0.39 is 5.92 Å². The number of carbonyl (C=O) groups is 3. The molecule has 1 saturated heterocycles. The van der Waals surface area contributed by atoms with Gasteiger partial charge in [-0.25, -0.2) is 4.79 Å². The number of benzene rings is 2.